The van der Waals surface area contributed by atoms with Crippen LogP contribution in [0.5, 0.6) is 0 Å². The monoisotopic (exact) mass is 234 g/mol. The van der Waals surface area contributed by atoms with Crippen molar-refractivity contribution in [1.82, 2.24) is 4.98 Å². The van der Waals surface area contributed by atoms with Crippen LogP contribution in [0.2, 0.25) is 0 Å². The van der Waals surface area contributed by atoms with Crippen molar-refractivity contribution < 1.29 is 4.74 Å². The van der Waals surface area contributed by atoms with E-state index >= 15 is 0 Å². The molecule has 94 valence electrons. The van der Waals surface area contributed by atoms with Crippen LogP contribution in [0.3, 0.4) is 0 Å². The number of aryl methyl sites for hydroxylation is 1. The zero-order chi connectivity index (χ0) is 12.5. The molecule has 3 heteroatoms. The van der Waals surface area contributed by atoms with Gasteiger partial charge in [0.05, 0.1) is 6.10 Å². The third kappa shape index (κ3) is 2.44. The van der Waals surface area contributed by atoms with Crippen molar-refractivity contribution in [3.63, 3.8) is 0 Å². The van der Waals surface area contributed by atoms with Crippen LogP contribution in [-0.2, 0) is 4.74 Å². The molecule has 0 radical (unpaired) electrons. The lowest BCUT2D eigenvalue weighted by molar-refractivity contribution is -0.0976. The molecule has 0 aliphatic heterocycles. The van der Waals surface area contributed by atoms with Crippen molar-refractivity contribution in [1.29, 1.82) is 0 Å². The summed E-state index contributed by atoms with van der Waals surface area (Å²) in [6.45, 7) is 9.44. The third-order valence-electron chi connectivity index (χ3n) is 3.78. The van der Waals surface area contributed by atoms with Crippen molar-refractivity contribution in [2.45, 2.75) is 46.3 Å². The first kappa shape index (κ1) is 12.4. The minimum atomic E-state index is 0.182. The van der Waals surface area contributed by atoms with Crippen molar-refractivity contribution in [2.75, 3.05) is 11.9 Å². The molecule has 2 atom stereocenters. The van der Waals surface area contributed by atoms with Crippen molar-refractivity contribution in [3.8, 4) is 0 Å². The number of hydrogen-bond acceptors (Lipinski definition) is 3. The second kappa shape index (κ2) is 4.65. The topological polar surface area (TPSA) is 34.1 Å². The Morgan fingerprint density at radius 3 is 2.88 bits per heavy atom. The fraction of sp³-hybridized carbons (Fsp3) is 0.643. The highest BCUT2D eigenvalue weighted by atomic mass is 16.5. The van der Waals surface area contributed by atoms with E-state index in [1.54, 1.807) is 0 Å². The van der Waals surface area contributed by atoms with Gasteiger partial charge in [-0.05, 0) is 38.0 Å². The van der Waals surface area contributed by atoms with Gasteiger partial charge in [0.25, 0.3) is 0 Å². The number of hydrogen-bond donors (Lipinski definition) is 1. The molecule has 3 nitrogen and oxygen atoms in total. The van der Waals surface area contributed by atoms with Gasteiger partial charge in [-0.25, -0.2) is 4.98 Å². The van der Waals surface area contributed by atoms with Gasteiger partial charge in [0, 0.05) is 24.3 Å². The maximum atomic E-state index is 5.72. The maximum absolute atomic E-state index is 5.72. The Morgan fingerprint density at radius 2 is 2.29 bits per heavy atom. The number of pyridine rings is 1. The molecule has 2 unspecified atom stereocenters. The highest BCUT2D eigenvalue weighted by Crippen LogP contribution is 2.44. The van der Waals surface area contributed by atoms with E-state index in [0.29, 0.717) is 12.1 Å². The lowest BCUT2D eigenvalue weighted by Gasteiger charge is -2.51. The molecule has 2 rings (SSSR count). The standard InChI is InChI=1S/C14H22N2O/c1-5-17-12-9-11(14(12,3)4)16-13-8-10(2)6-7-15-13/h6-8,11-12H,5,9H2,1-4H3,(H,15,16). The fourth-order valence-electron chi connectivity index (χ4n) is 2.41. The largest absolute Gasteiger partial charge is 0.378 e. The first-order valence-electron chi connectivity index (χ1n) is 6.35. The molecule has 0 saturated heterocycles. The molecule has 1 aromatic rings. The van der Waals surface area contributed by atoms with Gasteiger partial charge in [-0.3, -0.25) is 0 Å². The van der Waals surface area contributed by atoms with Crippen LogP contribution >= 0.6 is 0 Å². The second-order valence-corrected chi connectivity index (χ2v) is 5.42. The average molecular weight is 234 g/mol. The third-order valence-corrected chi connectivity index (χ3v) is 3.78. The minimum Gasteiger partial charge on any atom is -0.378 e. The molecule has 1 saturated carbocycles. The lowest BCUT2D eigenvalue weighted by atomic mass is 9.64. The molecule has 1 aromatic heterocycles. The van der Waals surface area contributed by atoms with E-state index in [2.05, 4.69) is 44.1 Å². The van der Waals surface area contributed by atoms with Crippen LogP contribution in [0.25, 0.3) is 0 Å². The number of anilines is 1. The Bertz CT molecular complexity index is 390. The molecule has 0 spiro atoms. The summed E-state index contributed by atoms with van der Waals surface area (Å²) in [7, 11) is 0. The molecule has 17 heavy (non-hydrogen) atoms. The van der Waals surface area contributed by atoms with Crippen LogP contribution in [0.4, 0.5) is 5.82 Å². The van der Waals surface area contributed by atoms with Gasteiger partial charge in [0.2, 0.25) is 0 Å². The van der Waals surface area contributed by atoms with Crippen LogP contribution in [0.15, 0.2) is 18.3 Å². The maximum Gasteiger partial charge on any atom is 0.126 e. The van der Waals surface area contributed by atoms with E-state index in [-0.39, 0.29) is 5.41 Å². The van der Waals surface area contributed by atoms with Gasteiger partial charge in [-0.15, -0.1) is 0 Å². The highest BCUT2D eigenvalue weighted by Gasteiger charge is 2.48. The Morgan fingerprint density at radius 1 is 1.53 bits per heavy atom. The summed E-state index contributed by atoms with van der Waals surface area (Å²) in [4.78, 5) is 4.35. The number of aromatic nitrogens is 1. The van der Waals surface area contributed by atoms with E-state index in [0.717, 1.165) is 18.8 Å². The minimum absolute atomic E-state index is 0.182. The van der Waals surface area contributed by atoms with Gasteiger partial charge in [0.1, 0.15) is 5.82 Å². The van der Waals surface area contributed by atoms with Crippen LogP contribution in [0.1, 0.15) is 32.8 Å². The van der Waals surface area contributed by atoms with Crippen molar-refractivity contribution in [2.24, 2.45) is 5.41 Å². The van der Waals surface area contributed by atoms with Gasteiger partial charge in [-0.2, -0.15) is 0 Å². The van der Waals surface area contributed by atoms with Crippen LogP contribution in [-0.4, -0.2) is 23.7 Å². The predicted octanol–water partition coefficient (Wildman–Crippen LogP) is 3.01. The Kier molecular flexibility index (Phi) is 3.38. The Labute approximate surface area is 104 Å². The molecule has 1 N–H and O–H groups in total. The summed E-state index contributed by atoms with van der Waals surface area (Å²) in [6.07, 6.45) is 3.29. The van der Waals surface area contributed by atoms with E-state index in [9.17, 15) is 0 Å². The van der Waals surface area contributed by atoms with Gasteiger partial charge in [0.15, 0.2) is 0 Å². The molecule has 0 bridgehead atoms. The zero-order valence-electron chi connectivity index (χ0n) is 11.2. The summed E-state index contributed by atoms with van der Waals surface area (Å²) in [5.74, 6) is 0.970. The van der Waals surface area contributed by atoms with E-state index in [1.807, 2.05) is 12.3 Å². The summed E-state index contributed by atoms with van der Waals surface area (Å²) in [5, 5.41) is 3.51. The summed E-state index contributed by atoms with van der Waals surface area (Å²) in [6, 6.07) is 4.55. The van der Waals surface area contributed by atoms with E-state index in [1.165, 1.54) is 5.56 Å². The van der Waals surface area contributed by atoms with Crippen molar-refractivity contribution >= 4 is 5.82 Å². The quantitative estimate of drug-likeness (QED) is 0.869. The Hall–Kier alpha value is -1.09. The van der Waals surface area contributed by atoms with Gasteiger partial charge >= 0.3 is 0 Å². The zero-order valence-corrected chi connectivity index (χ0v) is 11.2. The van der Waals surface area contributed by atoms with Gasteiger partial charge < -0.3 is 10.1 Å². The predicted molar refractivity (Wildman–Crippen MR) is 70.2 cm³/mol. The highest BCUT2D eigenvalue weighted by molar-refractivity contribution is 5.39. The smallest absolute Gasteiger partial charge is 0.126 e. The molecule has 1 aliphatic carbocycles. The van der Waals surface area contributed by atoms with Crippen LogP contribution in [0, 0.1) is 12.3 Å². The van der Waals surface area contributed by atoms with Crippen LogP contribution < -0.4 is 5.32 Å². The number of rotatable bonds is 4. The van der Waals surface area contributed by atoms with E-state index < -0.39 is 0 Å². The first-order valence-corrected chi connectivity index (χ1v) is 6.35. The molecule has 0 amide bonds. The van der Waals surface area contributed by atoms with Gasteiger partial charge in [-0.1, -0.05) is 13.8 Å². The summed E-state index contributed by atoms with van der Waals surface area (Å²) in [5.41, 5.74) is 1.42. The fourth-order valence-corrected chi connectivity index (χ4v) is 2.41. The number of nitrogens with one attached hydrogen (secondary N) is 1. The lowest BCUT2D eigenvalue weighted by Crippen LogP contribution is -2.58. The summed E-state index contributed by atoms with van der Waals surface area (Å²) >= 11 is 0. The molecule has 1 aliphatic rings. The average Bonchev–Trinajstić information content (AvgIpc) is 2.28. The number of nitrogens with zero attached hydrogens (tertiary/aromatic N) is 1. The molecular weight excluding hydrogens is 212 g/mol. The Balaban J connectivity index is 1.98. The molecule has 1 heterocycles. The van der Waals surface area contributed by atoms with E-state index in [4.69, 9.17) is 4.74 Å². The molecule has 0 aromatic carbocycles. The number of ether oxygens (including phenoxy) is 1. The SMILES string of the molecule is CCOC1CC(Nc2cc(C)ccn2)C1(C)C. The summed E-state index contributed by atoms with van der Waals surface area (Å²) < 4.78 is 5.72. The first-order chi connectivity index (χ1) is 8.04. The molecular formula is C14H22N2O. The van der Waals surface area contributed by atoms with Crippen molar-refractivity contribution in [3.05, 3.63) is 23.9 Å². The molecule has 1 fully saturated rings. The normalized spacial score (nSPS) is 26.4. The second-order valence-electron chi connectivity index (χ2n) is 5.42.